The fourth-order valence-corrected chi connectivity index (χ4v) is 3.89. The zero-order valence-electron chi connectivity index (χ0n) is 19.7. The zero-order chi connectivity index (χ0) is 25.5. The summed E-state index contributed by atoms with van der Waals surface area (Å²) in [7, 11) is 0. The Balaban J connectivity index is 1.43. The minimum atomic E-state index is -1.01. The summed E-state index contributed by atoms with van der Waals surface area (Å²) >= 11 is 12.1. The van der Waals surface area contributed by atoms with E-state index < -0.39 is 12.1 Å². The second kappa shape index (κ2) is 12.0. The van der Waals surface area contributed by atoms with E-state index in [4.69, 9.17) is 42.2 Å². The van der Waals surface area contributed by atoms with Gasteiger partial charge in [-0.2, -0.15) is 4.98 Å². The molecule has 1 heterocycles. The van der Waals surface area contributed by atoms with Crippen molar-refractivity contribution < 1.29 is 23.8 Å². The predicted molar refractivity (Wildman–Crippen MR) is 141 cm³/mol. The maximum atomic E-state index is 11.1. The third-order valence-corrected chi connectivity index (χ3v) is 5.98. The van der Waals surface area contributed by atoms with Gasteiger partial charge in [-0.05, 0) is 79.9 Å². The summed E-state index contributed by atoms with van der Waals surface area (Å²) in [5, 5.41) is 10.4. The Kier molecular flexibility index (Phi) is 8.57. The number of ether oxygens (including phenoxy) is 2. The monoisotopic (exact) mass is 528 g/mol. The number of aliphatic carboxylic acids is 1. The lowest BCUT2D eigenvalue weighted by molar-refractivity contribution is -0.144. The number of anilines is 1. The first-order chi connectivity index (χ1) is 17.4. The molecule has 188 valence electrons. The quantitative estimate of drug-likeness (QED) is 0.210. The molecule has 4 rings (SSSR count). The van der Waals surface area contributed by atoms with E-state index in [2.05, 4.69) is 9.88 Å². The van der Waals surface area contributed by atoms with Crippen molar-refractivity contribution in [2.75, 3.05) is 24.6 Å². The van der Waals surface area contributed by atoms with Gasteiger partial charge in [0.2, 0.25) is 0 Å². The molecule has 1 unspecified atom stereocenters. The van der Waals surface area contributed by atoms with Crippen LogP contribution in [0.3, 0.4) is 0 Å². The van der Waals surface area contributed by atoms with E-state index in [9.17, 15) is 4.79 Å². The van der Waals surface area contributed by atoms with Crippen molar-refractivity contribution in [2.45, 2.75) is 25.9 Å². The van der Waals surface area contributed by atoms with Crippen LogP contribution in [0.25, 0.3) is 11.1 Å². The molecular weight excluding hydrogens is 503 g/mol. The molecule has 9 heteroatoms. The van der Waals surface area contributed by atoms with E-state index in [0.29, 0.717) is 59.0 Å². The van der Waals surface area contributed by atoms with Crippen molar-refractivity contribution in [1.29, 1.82) is 0 Å². The fourth-order valence-electron chi connectivity index (χ4n) is 3.60. The number of oxazole rings is 1. The number of aromatic nitrogens is 1. The van der Waals surface area contributed by atoms with Crippen molar-refractivity contribution in [3.05, 3.63) is 82.3 Å². The van der Waals surface area contributed by atoms with Crippen LogP contribution < -0.4 is 14.4 Å². The second-order valence-corrected chi connectivity index (χ2v) is 9.12. The average molecular weight is 529 g/mol. The van der Waals surface area contributed by atoms with Gasteiger partial charge in [0.25, 0.3) is 6.01 Å². The van der Waals surface area contributed by atoms with Gasteiger partial charge in [0.1, 0.15) is 17.0 Å². The normalized spacial score (nSPS) is 11.9. The van der Waals surface area contributed by atoms with Crippen LogP contribution >= 0.6 is 23.2 Å². The van der Waals surface area contributed by atoms with Crippen molar-refractivity contribution >= 4 is 46.3 Å². The van der Waals surface area contributed by atoms with Gasteiger partial charge in [0.15, 0.2) is 11.7 Å². The summed E-state index contributed by atoms with van der Waals surface area (Å²) < 4.78 is 17.4. The SMILES string of the molecule is CC(Oc1cccc(CCN(CCCOc2ccc(Cl)cc2)c2nc3cc(Cl)ccc3o2)c1)C(=O)O. The molecule has 4 aromatic rings. The first-order valence-corrected chi connectivity index (χ1v) is 12.3. The summed E-state index contributed by atoms with van der Waals surface area (Å²) in [6.45, 7) is 3.29. The number of carboxylic acids is 1. The summed E-state index contributed by atoms with van der Waals surface area (Å²) in [6, 6.07) is 20.6. The van der Waals surface area contributed by atoms with Crippen LogP contribution in [0.15, 0.2) is 71.1 Å². The molecular formula is C27H26Cl2N2O5. The molecule has 0 spiro atoms. The number of hydrogen-bond acceptors (Lipinski definition) is 6. The molecule has 0 aliphatic heterocycles. The Morgan fingerprint density at radius 1 is 1.03 bits per heavy atom. The van der Waals surface area contributed by atoms with Crippen molar-refractivity contribution in [2.24, 2.45) is 0 Å². The minimum absolute atomic E-state index is 0.505. The van der Waals surface area contributed by atoms with Crippen LogP contribution in [0, 0.1) is 0 Å². The van der Waals surface area contributed by atoms with Crippen molar-refractivity contribution in [1.82, 2.24) is 4.98 Å². The second-order valence-electron chi connectivity index (χ2n) is 8.25. The number of fused-ring (bicyclic) bond motifs is 1. The van der Waals surface area contributed by atoms with E-state index >= 15 is 0 Å². The van der Waals surface area contributed by atoms with Crippen molar-refractivity contribution in [3.8, 4) is 11.5 Å². The van der Waals surface area contributed by atoms with Gasteiger partial charge < -0.3 is 23.9 Å². The maximum Gasteiger partial charge on any atom is 0.344 e. The highest BCUT2D eigenvalue weighted by atomic mass is 35.5. The van der Waals surface area contributed by atoms with Gasteiger partial charge in [-0.3, -0.25) is 0 Å². The lowest BCUT2D eigenvalue weighted by Crippen LogP contribution is -2.28. The van der Waals surface area contributed by atoms with E-state index in [1.165, 1.54) is 6.92 Å². The molecule has 0 bridgehead atoms. The molecule has 0 saturated carbocycles. The number of nitrogens with zero attached hydrogens (tertiary/aromatic N) is 2. The molecule has 1 N–H and O–H groups in total. The molecule has 0 fully saturated rings. The van der Waals surface area contributed by atoms with Gasteiger partial charge in [-0.1, -0.05) is 35.3 Å². The molecule has 0 radical (unpaired) electrons. The molecule has 1 atom stereocenters. The summed E-state index contributed by atoms with van der Waals surface area (Å²) in [5.41, 5.74) is 2.36. The molecule has 0 amide bonds. The number of hydrogen-bond donors (Lipinski definition) is 1. The lowest BCUT2D eigenvalue weighted by atomic mass is 10.1. The summed E-state index contributed by atoms with van der Waals surface area (Å²) in [6.07, 6.45) is 0.487. The molecule has 0 aliphatic carbocycles. The van der Waals surface area contributed by atoms with Crippen molar-refractivity contribution in [3.63, 3.8) is 0 Å². The van der Waals surface area contributed by atoms with Crippen LogP contribution in [-0.2, 0) is 11.2 Å². The molecule has 1 aromatic heterocycles. The largest absolute Gasteiger partial charge is 0.494 e. The fraction of sp³-hybridized carbons (Fsp3) is 0.259. The standard InChI is InChI=1S/C27H26Cl2N2O5/c1-18(26(32)33)35-23-5-2-4-19(16-23)12-14-31(13-3-15-34-22-9-6-20(28)7-10-22)27-30-24-17-21(29)8-11-25(24)36-27/h2,4-11,16-18H,3,12-15H2,1H3,(H,32,33). The molecule has 0 saturated heterocycles. The van der Waals surface area contributed by atoms with Crippen LogP contribution in [0.2, 0.25) is 10.0 Å². The summed E-state index contributed by atoms with van der Waals surface area (Å²) in [5.74, 6) is 0.264. The minimum Gasteiger partial charge on any atom is -0.494 e. The third-order valence-electron chi connectivity index (χ3n) is 5.49. The Morgan fingerprint density at radius 2 is 1.81 bits per heavy atom. The Hall–Kier alpha value is -3.42. The van der Waals surface area contributed by atoms with E-state index in [0.717, 1.165) is 17.7 Å². The molecule has 3 aromatic carbocycles. The number of rotatable bonds is 12. The van der Waals surface area contributed by atoms with Crippen LogP contribution in [0.1, 0.15) is 18.9 Å². The Labute approximate surface area is 219 Å². The first kappa shape index (κ1) is 25.7. The maximum absolute atomic E-state index is 11.1. The van der Waals surface area contributed by atoms with Gasteiger partial charge in [-0.15, -0.1) is 0 Å². The third kappa shape index (κ3) is 7.06. The molecule has 0 aliphatic rings. The highest BCUT2D eigenvalue weighted by Gasteiger charge is 2.16. The number of benzene rings is 3. The van der Waals surface area contributed by atoms with Gasteiger partial charge in [0.05, 0.1) is 6.61 Å². The van der Waals surface area contributed by atoms with E-state index in [-0.39, 0.29) is 0 Å². The highest BCUT2D eigenvalue weighted by molar-refractivity contribution is 6.31. The Morgan fingerprint density at radius 3 is 2.58 bits per heavy atom. The van der Waals surface area contributed by atoms with Gasteiger partial charge >= 0.3 is 5.97 Å². The lowest BCUT2D eigenvalue weighted by Gasteiger charge is -2.21. The van der Waals surface area contributed by atoms with Crippen LogP contribution in [0.5, 0.6) is 11.5 Å². The summed E-state index contributed by atoms with van der Waals surface area (Å²) in [4.78, 5) is 17.8. The number of carboxylic acid groups (broad SMARTS) is 1. The van der Waals surface area contributed by atoms with Crippen LogP contribution in [-0.4, -0.2) is 41.9 Å². The van der Waals surface area contributed by atoms with Gasteiger partial charge in [-0.25, -0.2) is 4.79 Å². The predicted octanol–water partition coefficient (Wildman–Crippen LogP) is 6.50. The van der Waals surface area contributed by atoms with E-state index in [1.54, 1.807) is 36.4 Å². The first-order valence-electron chi connectivity index (χ1n) is 11.6. The number of carbonyl (C=O) groups is 1. The highest BCUT2D eigenvalue weighted by Crippen LogP contribution is 2.25. The van der Waals surface area contributed by atoms with E-state index in [1.807, 2.05) is 30.3 Å². The zero-order valence-corrected chi connectivity index (χ0v) is 21.2. The molecule has 7 nitrogen and oxygen atoms in total. The van der Waals surface area contributed by atoms with Gasteiger partial charge in [0, 0.05) is 23.1 Å². The average Bonchev–Trinajstić information content (AvgIpc) is 3.27. The molecule has 36 heavy (non-hydrogen) atoms. The topological polar surface area (TPSA) is 85.0 Å². The Bertz CT molecular complexity index is 1310. The number of halogens is 2. The smallest absolute Gasteiger partial charge is 0.344 e. The van der Waals surface area contributed by atoms with Crippen LogP contribution in [0.4, 0.5) is 6.01 Å².